The number of aliphatic carboxylic acids is 2. The number of aromatic amines is 2. The van der Waals surface area contributed by atoms with Gasteiger partial charge in [-0.25, -0.2) is 9.97 Å². The van der Waals surface area contributed by atoms with E-state index < -0.39 is 24.0 Å². The van der Waals surface area contributed by atoms with Gasteiger partial charge >= 0.3 is 37.7 Å². The Balaban J connectivity index is 0.000000403. The Morgan fingerprint density at radius 1 is 0.957 bits per heavy atom. The average molecular weight is 348 g/mol. The molecule has 2 aromatic heterocycles. The van der Waals surface area contributed by atoms with E-state index in [1.54, 1.807) is 12.4 Å². The Kier molecular flexibility index (Phi) is 10.4. The van der Waals surface area contributed by atoms with Crippen LogP contribution in [0.4, 0.5) is 0 Å². The molecule has 0 saturated heterocycles. The topological polar surface area (TPSA) is 190 Å². The number of nitrogens with zero attached hydrogens (tertiary/aromatic N) is 2. The van der Waals surface area contributed by atoms with Crippen molar-refractivity contribution in [1.29, 1.82) is 0 Å². The standard InChI is InChI=1S/2C6H9N3O2.Ca/c2*7-5(6(10)11)1-4-2-8-3-9-4;/h2*2-3,5H,1,7H2,(H,8,9)(H,10,11);/q;;+2/p-2/t2*5-;/m00./s1. The molecule has 0 aliphatic rings. The zero-order chi connectivity index (χ0) is 16.5. The van der Waals surface area contributed by atoms with Gasteiger partial charge in [0.15, 0.2) is 0 Å². The van der Waals surface area contributed by atoms with Crippen molar-refractivity contribution in [3.63, 3.8) is 0 Å². The smallest absolute Gasteiger partial charge is 0.548 e. The van der Waals surface area contributed by atoms with Crippen LogP contribution in [0, 0.1) is 0 Å². The molecule has 0 aromatic carbocycles. The number of carbonyl (C=O) groups excluding carboxylic acids is 2. The van der Waals surface area contributed by atoms with E-state index in [0.717, 1.165) is 0 Å². The van der Waals surface area contributed by atoms with Crippen LogP contribution in [-0.2, 0) is 22.4 Å². The first kappa shape index (κ1) is 21.5. The molecule has 2 rings (SSSR count). The van der Waals surface area contributed by atoms with Gasteiger partial charge in [0.05, 0.1) is 36.0 Å². The van der Waals surface area contributed by atoms with Gasteiger partial charge in [0, 0.05) is 37.3 Å². The predicted molar refractivity (Wildman–Crippen MR) is 76.3 cm³/mol. The number of hydrogen-bond donors (Lipinski definition) is 4. The number of nitrogens with two attached hydrogens (primary N) is 2. The summed E-state index contributed by atoms with van der Waals surface area (Å²) < 4.78 is 0. The van der Waals surface area contributed by atoms with Gasteiger partial charge in [-0.15, -0.1) is 0 Å². The molecule has 0 bridgehead atoms. The average Bonchev–Trinajstić information content (AvgIpc) is 3.12. The van der Waals surface area contributed by atoms with E-state index in [0.29, 0.717) is 11.4 Å². The maximum absolute atomic E-state index is 10.2. The summed E-state index contributed by atoms with van der Waals surface area (Å²) >= 11 is 0. The zero-order valence-corrected chi connectivity index (χ0v) is 14.5. The molecule has 0 radical (unpaired) electrons. The summed E-state index contributed by atoms with van der Waals surface area (Å²) in [5.74, 6) is -2.51. The van der Waals surface area contributed by atoms with E-state index in [1.165, 1.54) is 12.7 Å². The number of imidazole rings is 2. The number of hydrogen-bond acceptors (Lipinski definition) is 8. The summed E-state index contributed by atoms with van der Waals surface area (Å²) in [4.78, 5) is 33.3. The summed E-state index contributed by atoms with van der Waals surface area (Å²) in [5, 5.41) is 20.3. The third kappa shape index (κ3) is 8.67. The molecule has 10 nitrogen and oxygen atoms in total. The van der Waals surface area contributed by atoms with E-state index in [2.05, 4.69) is 19.9 Å². The Hall–Kier alpha value is -1.46. The van der Waals surface area contributed by atoms with Crippen LogP contribution in [0.25, 0.3) is 0 Å². The Bertz CT molecular complexity index is 522. The number of carboxylic acid groups (broad SMARTS) is 2. The van der Waals surface area contributed by atoms with Gasteiger partial charge in [-0.05, 0) is 0 Å². The number of H-pyrrole nitrogens is 2. The minimum atomic E-state index is -1.26. The van der Waals surface area contributed by atoms with Crippen molar-refractivity contribution in [2.75, 3.05) is 0 Å². The molecular formula is C12H16CaN6O4. The molecule has 11 heteroatoms. The van der Waals surface area contributed by atoms with Crippen molar-refractivity contribution >= 4 is 49.7 Å². The summed E-state index contributed by atoms with van der Waals surface area (Å²) in [7, 11) is 0. The van der Waals surface area contributed by atoms with Crippen molar-refractivity contribution in [2.45, 2.75) is 24.9 Å². The van der Waals surface area contributed by atoms with Crippen LogP contribution >= 0.6 is 0 Å². The molecule has 2 aromatic rings. The van der Waals surface area contributed by atoms with Crippen LogP contribution in [0.2, 0.25) is 0 Å². The minimum Gasteiger partial charge on any atom is -0.548 e. The van der Waals surface area contributed by atoms with Crippen LogP contribution in [-0.4, -0.2) is 81.7 Å². The molecule has 0 spiro atoms. The molecule has 0 amide bonds. The second-order valence-corrected chi connectivity index (χ2v) is 4.38. The zero-order valence-electron chi connectivity index (χ0n) is 12.3. The number of nitrogens with one attached hydrogen (secondary N) is 2. The second-order valence-electron chi connectivity index (χ2n) is 4.38. The van der Waals surface area contributed by atoms with Gasteiger partial charge in [0.1, 0.15) is 0 Å². The van der Waals surface area contributed by atoms with Crippen molar-refractivity contribution in [3.05, 3.63) is 36.4 Å². The SMILES string of the molecule is N[C@@H](Cc1c[nH]cn1)C(=O)[O-].N[C@@H](Cc1c[nH]cn1)C(=O)[O-].[Ca+2]. The summed E-state index contributed by atoms with van der Waals surface area (Å²) in [6, 6.07) is -1.95. The molecule has 23 heavy (non-hydrogen) atoms. The molecule has 2 heterocycles. The molecule has 0 unspecified atom stereocenters. The van der Waals surface area contributed by atoms with Crippen LogP contribution < -0.4 is 21.7 Å². The van der Waals surface area contributed by atoms with Gasteiger partial charge in [-0.1, -0.05) is 0 Å². The van der Waals surface area contributed by atoms with Crippen molar-refractivity contribution in [1.82, 2.24) is 19.9 Å². The first-order chi connectivity index (χ1) is 10.4. The third-order valence-electron chi connectivity index (χ3n) is 2.57. The van der Waals surface area contributed by atoms with E-state index in [1.807, 2.05) is 0 Å². The van der Waals surface area contributed by atoms with Gasteiger partial charge in [0.25, 0.3) is 0 Å². The Morgan fingerprint density at radius 2 is 1.30 bits per heavy atom. The first-order valence-electron chi connectivity index (χ1n) is 6.28. The molecular weight excluding hydrogens is 332 g/mol. The van der Waals surface area contributed by atoms with Crippen molar-refractivity contribution in [2.24, 2.45) is 11.5 Å². The monoisotopic (exact) mass is 348 g/mol. The molecule has 0 fully saturated rings. The van der Waals surface area contributed by atoms with Gasteiger partial charge in [-0.2, -0.15) is 0 Å². The van der Waals surface area contributed by atoms with Crippen molar-refractivity contribution in [3.8, 4) is 0 Å². The molecule has 6 N–H and O–H groups in total. The van der Waals surface area contributed by atoms with Crippen molar-refractivity contribution < 1.29 is 19.8 Å². The van der Waals surface area contributed by atoms with Gasteiger partial charge < -0.3 is 41.2 Å². The third-order valence-corrected chi connectivity index (χ3v) is 2.57. The number of aromatic nitrogens is 4. The molecule has 120 valence electrons. The summed E-state index contributed by atoms with van der Waals surface area (Å²) in [5.41, 5.74) is 11.6. The van der Waals surface area contributed by atoms with E-state index >= 15 is 0 Å². The van der Waals surface area contributed by atoms with E-state index in [4.69, 9.17) is 11.5 Å². The first-order valence-corrected chi connectivity index (χ1v) is 6.28. The molecule has 0 aliphatic heterocycles. The summed E-state index contributed by atoms with van der Waals surface area (Å²) in [6.45, 7) is 0. The van der Waals surface area contributed by atoms with Gasteiger partial charge in [-0.3, -0.25) is 0 Å². The predicted octanol–water partition coefficient (Wildman–Crippen LogP) is -4.32. The normalized spacial score (nSPS) is 12.3. The number of rotatable bonds is 6. The second kappa shape index (κ2) is 11.1. The maximum Gasteiger partial charge on any atom is 2.00 e. The largest absolute Gasteiger partial charge is 2.00 e. The minimum absolute atomic E-state index is 0. The molecule has 2 atom stereocenters. The fourth-order valence-corrected chi connectivity index (χ4v) is 1.42. The van der Waals surface area contributed by atoms with Crippen LogP contribution in [0.5, 0.6) is 0 Å². The Labute approximate surface area is 161 Å². The number of carbonyl (C=O) groups is 2. The molecule has 0 aliphatic carbocycles. The van der Waals surface area contributed by atoms with Gasteiger partial charge in [0.2, 0.25) is 0 Å². The van der Waals surface area contributed by atoms with E-state index in [9.17, 15) is 19.8 Å². The fourth-order valence-electron chi connectivity index (χ4n) is 1.42. The number of carboxylic acids is 2. The molecule has 0 saturated carbocycles. The van der Waals surface area contributed by atoms with Crippen LogP contribution in [0.1, 0.15) is 11.4 Å². The quantitative estimate of drug-likeness (QED) is 0.377. The Morgan fingerprint density at radius 3 is 1.52 bits per heavy atom. The fraction of sp³-hybridized carbons (Fsp3) is 0.333. The summed E-state index contributed by atoms with van der Waals surface area (Å²) in [6.07, 6.45) is 6.54. The van der Waals surface area contributed by atoms with E-state index in [-0.39, 0.29) is 50.6 Å². The van der Waals surface area contributed by atoms with Crippen LogP contribution in [0.3, 0.4) is 0 Å². The van der Waals surface area contributed by atoms with Crippen LogP contribution in [0.15, 0.2) is 25.0 Å². The maximum atomic E-state index is 10.2.